The summed E-state index contributed by atoms with van der Waals surface area (Å²) in [6, 6.07) is 7.53. The molecule has 82 valence electrons. The quantitative estimate of drug-likeness (QED) is 0.837. The van der Waals surface area contributed by atoms with Gasteiger partial charge in [0.2, 0.25) is 0 Å². The highest BCUT2D eigenvalue weighted by Crippen LogP contribution is 2.09. The van der Waals surface area contributed by atoms with Crippen LogP contribution in [0.1, 0.15) is 12.0 Å². The molecule has 0 saturated carbocycles. The van der Waals surface area contributed by atoms with E-state index in [2.05, 4.69) is 10.2 Å². The second-order valence-electron chi connectivity index (χ2n) is 3.38. The molecule has 0 atom stereocenters. The minimum absolute atomic E-state index is 0.152. The van der Waals surface area contributed by atoms with Crippen LogP contribution in [0, 0.1) is 0 Å². The number of carbonyl (C=O) groups is 1. The highest BCUT2D eigenvalue weighted by Gasteiger charge is 2.00. The van der Waals surface area contributed by atoms with E-state index in [-0.39, 0.29) is 6.42 Å². The minimum atomic E-state index is -0.780. The van der Waals surface area contributed by atoms with Crippen molar-refractivity contribution in [3.63, 3.8) is 0 Å². The van der Waals surface area contributed by atoms with Crippen LogP contribution >= 0.6 is 0 Å². The Bertz CT molecular complexity index is 462. The lowest BCUT2D eigenvalue weighted by Crippen LogP contribution is -2.00. The van der Waals surface area contributed by atoms with E-state index < -0.39 is 5.97 Å². The summed E-state index contributed by atoms with van der Waals surface area (Å²) in [6.07, 6.45) is 3.91. The van der Waals surface area contributed by atoms with E-state index in [0.717, 1.165) is 11.3 Å². The number of aromatic nitrogens is 3. The largest absolute Gasteiger partial charge is 0.481 e. The van der Waals surface area contributed by atoms with Crippen molar-refractivity contribution >= 4 is 5.97 Å². The van der Waals surface area contributed by atoms with E-state index in [1.807, 2.05) is 24.3 Å². The first-order valence-corrected chi connectivity index (χ1v) is 4.93. The van der Waals surface area contributed by atoms with Gasteiger partial charge in [0.25, 0.3) is 0 Å². The number of benzene rings is 1. The molecule has 1 N–H and O–H groups in total. The molecule has 0 spiro atoms. The van der Waals surface area contributed by atoms with Crippen molar-refractivity contribution in [3.8, 4) is 5.69 Å². The fraction of sp³-hybridized carbons (Fsp3) is 0.182. The number of nitrogens with zero attached hydrogens (tertiary/aromatic N) is 3. The number of carboxylic acids is 1. The fourth-order valence-electron chi connectivity index (χ4n) is 1.40. The third-order valence-corrected chi connectivity index (χ3v) is 2.21. The molecule has 0 radical (unpaired) electrons. The molecular formula is C11H11N3O2. The number of aryl methyl sites for hydroxylation is 1. The number of hydrogen-bond donors (Lipinski definition) is 1. The molecule has 2 aromatic rings. The molecule has 1 heterocycles. The molecule has 5 nitrogen and oxygen atoms in total. The summed E-state index contributed by atoms with van der Waals surface area (Å²) in [5.41, 5.74) is 1.86. The number of rotatable bonds is 4. The van der Waals surface area contributed by atoms with Gasteiger partial charge in [-0.25, -0.2) is 0 Å². The van der Waals surface area contributed by atoms with E-state index in [1.165, 1.54) is 4.80 Å². The zero-order valence-corrected chi connectivity index (χ0v) is 8.58. The normalized spacial score (nSPS) is 10.2. The Morgan fingerprint density at radius 1 is 1.19 bits per heavy atom. The Morgan fingerprint density at radius 3 is 2.38 bits per heavy atom. The summed E-state index contributed by atoms with van der Waals surface area (Å²) in [4.78, 5) is 11.9. The third kappa shape index (κ3) is 2.44. The Kier molecular flexibility index (Phi) is 2.95. The van der Waals surface area contributed by atoms with E-state index in [0.29, 0.717) is 6.42 Å². The van der Waals surface area contributed by atoms with Crippen LogP contribution in [0.4, 0.5) is 0 Å². The second-order valence-corrected chi connectivity index (χ2v) is 3.38. The van der Waals surface area contributed by atoms with Crippen molar-refractivity contribution in [2.45, 2.75) is 12.8 Å². The summed E-state index contributed by atoms with van der Waals surface area (Å²) in [5, 5.41) is 16.6. The molecule has 0 saturated heterocycles. The van der Waals surface area contributed by atoms with E-state index >= 15 is 0 Å². The van der Waals surface area contributed by atoms with Crippen molar-refractivity contribution in [3.05, 3.63) is 42.2 Å². The standard InChI is InChI=1S/C11H11N3O2/c15-11(16)6-3-9-1-4-10(5-2-9)14-12-7-8-13-14/h1-2,4-5,7-8H,3,6H2,(H,15,16). The lowest BCUT2D eigenvalue weighted by molar-refractivity contribution is -0.136. The first kappa shape index (κ1) is 10.4. The Labute approximate surface area is 92.3 Å². The Hall–Kier alpha value is -2.17. The van der Waals surface area contributed by atoms with Crippen LogP contribution in [-0.2, 0) is 11.2 Å². The Morgan fingerprint density at radius 2 is 1.81 bits per heavy atom. The van der Waals surface area contributed by atoms with Crippen LogP contribution in [0.2, 0.25) is 0 Å². The minimum Gasteiger partial charge on any atom is -0.481 e. The summed E-state index contributed by atoms with van der Waals surface area (Å²) in [5.74, 6) is -0.780. The molecule has 1 aromatic heterocycles. The average Bonchev–Trinajstić information content (AvgIpc) is 2.80. The maximum atomic E-state index is 10.4. The van der Waals surface area contributed by atoms with Gasteiger partial charge in [-0.3, -0.25) is 4.79 Å². The van der Waals surface area contributed by atoms with Gasteiger partial charge in [-0.1, -0.05) is 12.1 Å². The van der Waals surface area contributed by atoms with Crippen LogP contribution in [0.5, 0.6) is 0 Å². The van der Waals surface area contributed by atoms with E-state index in [4.69, 9.17) is 5.11 Å². The van der Waals surface area contributed by atoms with Crippen LogP contribution < -0.4 is 0 Å². The lowest BCUT2D eigenvalue weighted by Gasteiger charge is -2.01. The monoisotopic (exact) mass is 217 g/mol. The lowest BCUT2D eigenvalue weighted by atomic mass is 10.1. The second kappa shape index (κ2) is 4.57. The molecule has 1 aromatic carbocycles. The predicted molar refractivity (Wildman–Crippen MR) is 57.3 cm³/mol. The summed E-state index contributed by atoms with van der Waals surface area (Å²) < 4.78 is 0. The van der Waals surface area contributed by atoms with Crippen molar-refractivity contribution in [1.82, 2.24) is 15.0 Å². The van der Waals surface area contributed by atoms with Gasteiger partial charge in [-0.2, -0.15) is 15.0 Å². The molecule has 0 unspecified atom stereocenters. The number of hydrogen-bond acceptors (Lipinski definition) is 3. The highest BCUT2D eigenvalue weighted by atomic mass is 16.4. The van der Waals surface area contributed by atoms with Gasteiger partial charge in [0.05, 0.1) is 18.1 Å². The van der Waals surface area contributed by atoms with Gasteiger partial charge < -0.3 is 5.11 Å². The molecule has 0 aliphatic carbocycles. The summed E-state index contributed by atoms with van der Waals surface area (Å²) in [6.45, 7) is 0. The topological polar surface area (TPSA) is 68.0 Å². The first-order valence-electron chi connectivity index (χ1n) is 4.93. The molecular weight excluding hydrogens is 206 g/mol. The maximum Gasteiger partial charge on any atom is 0.303 e. The smallest absolute Gasteiger partial charge is 0.303 e. The molecule has 16 heavy (non-hydrogen) atoms. The summed E-state index contributed by atoms with van der Waals surface area (Å²) >= 11 is 0. The van der Waals surface area contributed by atoms with Gasteiger partial charge in [0.15, 0.2) is 0 Å². The van der Waals surface area contributed by atoms with Gasteiger partial charge >= 0.3 is 5.97 Å². The zero-order chi connectivity index (χ0) is 11.4. The molecule has 0 amide bonds. The first-order chi connectivity index (χ1) is 7.75. The summed E-state index contributed by atoms with van der Waals surface area (Å²) in [7, 11) is 0. The van der Waals surface area contributed by atoms with Gasteiger partial charge in [0, 0.05) is 6.42 Å². The molecule has 5 heteroatoms. The molecule has 2 rings (SSSR count). The van der Waals surface area contributed by atoms with Crippen LogP contribution in [0.3, 0.4) is 0 Å². The van der Waals surface area contributed by atoms with Gasteiger partial charge in [0.1, 0.15) is 0 Å². The molecule has 0 bridgehead atoms. The average molecular weight is 217 g/mol. The molecule has 0 aliphatic rings. The van der Waals surface area contributed by atoms with Crippen LogP contribution in [0.25, 0.3) is 5.69 Å². The van der Waals surface area contributed by atoms with Crippen molar-refractivity contribution in [2.24, 2.45) is 0 Å². The van der Waals surface area contributed by atoms with Crippen molar-refractivity contribution < 1.29 is 9.90 Å². The van der Waals surface area contributed by atoms with Gasteiger partial charge in [-0.05, 0) is 24.1 Å². The van der Waals surface area contributed by atoms with Crippen molar-refractivity contribution in [2.75, 3.05) is 0 Å². The number of carboxylic acid groups (broad SMARTS) is 1. The van der Waals surface area contributed by atoms with Gasteiger partial charge in [-0.15, -0.1) is 0 Å². The highest BCUT2D eigenvalue weighted by molar-refractivity contribution is 5.67. The van der Waals surface area contributed by atoms with E-state index in [1.54, 1.807) is 12.4 Å². The fourth-order valence-corrected chi connectivity index (χ4v) is 1.40. The molecule has 0 aliphatic heterocycles. The van der Waals surface area contributed by atoms with E-state index in [9.17, 15) is 4.79 Å². The third-order valence-electron chi connectivity index (χ3n) is 2.21. The van der Waals surface area contributed by atoms with Crippen LogP contribution in [0.15, 0.2) is 36.7 Å². The van der Waals surface area contributed by atoms with Crippen LogP contribution in [-0.4, -0.2) is 26.1 Å². The SMILES string of the molecule is O=C(O)CCc1ccc(-n2nccn2)cc1. The molecule has 0 fully saturated rings. The predicted octanol–water partition coefficient (Wildman–Crippen LogP) is 1.28. The van der Waals surface area contributed by atoms with Crippen molar-refractivity contribution in [1.29, 1.82) is 0 Å². The maximum absolute atomic E-state index is 10.4. The number of aliphatic carboxylic acids is 1. The Balaban J connectivity index is 2.08. The zero-order valence-electron chi connectivity index (χ0n) is 8.58.